The highest BCUT2D eigenvalue weighted by atomic mass is 16.5. The molecular weight excluding hydrogens is 324 g/mol. The Bertz CT molecular complexity index is 804. The Balaban J connectivity index is 1.97. The summed E-state index contributed by atoms with van der Waals surface area (Å²) in [6, 6.07) is 12.3. The summed E-state index contributed by atoms with van der Waals surface area (Å²) in [5, 5.41) is 14.2. The van der Waals surface area contributed by atoms with Crippen LogP contribution in [0.2, 0.25) is 0 Å². The summed E-state index contributed by atoms with van der Waals surface area (Å²) in [6.45, 7) is -0.232. The van der Waals surface area contributed by atoms with E-state index < -0.39 is 12.0 Å². The van der Waals surface area contributed by atoms with Gasteiger partial charge in [-0.15, -0.1) is 0 Å². The second-order valence-electron chi connectivity index (χ2n) is 5.04. The van der Waals surface area contributed by atoms with Crippen molar-refractivity contribution in [1.82, 2.24) is 0 Å². The van der Waals surface area contributed by atoms with Crippen LogP contribution in [-0.4, -0.2) is 30.3 Å². The van der Waals surface area contributed by atoms with E-state index in [4.69, 9.17) is 9.84 Å². The monoisotopic (exact) mass is 338 g/mol. The van der Waals surface area contributed by atoms with Crippen LogP contribution in [0.4, 0.5) is 0 Å². The molecule has 0 radical (unpaired) electrons. The Morgan fingerprint density at radius 2 is 1.56 bits per heavy atom. The first-order valence-corrected chi connectivity index (χ1v) is 7.32. The van der Waals surface area contributed by atoms with E-state index in [-0.39, 0.29) is 18.7 Å². The lowest BCUT2D eigenvalue weighted by Gasteiger charge is -2.08. The highest BCUT2D eigenvalue weighted by Crippen LogP contribution is 2.13. The molecule has 126 valence electrons. The zero-order valence-electron chi connectivity index (χ0n) is 13.1. The topological polar surface area (TPSA) is 105 Å². The van der Waals surface area contributed by atoms with Crippen molar-refractivity contribution in [3.63, 3.8) is 0 Å². The third-order valence-corrected chi connectivity index (χ3v) is 3.21. The molecule has 0 fully saturated rings. The molecule has 0 aliphatic carbocycles. The van der Waals surface area contributed by atoms with Gasteiger partial charge in [-0.1, -0.05) is 22.2 Å². The van der Waals surface area contributed by atoms with Gasteiger partial charge in [0, 0.05) is 11.1 Å². The Hall–Kier alpha value is -3.53. The van der Waals surface area contributed by atoms with Crippen LogP contribution in [0.3, 0.4) is 0 Å². The summed E-state index contributed by atoms with van der Waals surface area (Å²) in [5.41, 5.74) is 1.65. The van der Waals surface area contributed by atoms with Gasteiger partial charge in [-0.2, -0.15) is 9.81 Å². The number of carbonyl (C=O) groups is 1. The second-order valence-corrected chi connectivity index (χ2v) is 5.04. The second kappa shape index (κ2) is 8.93. The van der Waals surface area contributed by atoms with Crippen LogP contribution in [0.25, 0.3) is 0 Å². The van der Waals surface area contributed by atoms with Gasteiger partial charge in [0.15, 0.2) is 0 Å². The van der Waals surface area contributed by atoms with Gasteiger partial charge >= 0.3 is 5.97 Å². The molecule has 7 heteroatoms. The first-order chi connectivity index (χ1) is 12.1. The average molecular weight is 338 g/mol. The molecule has 7 nitrogen and oxygen atoms in total. The molecule has 0 saturated carbocycles. The molecule has 2 aromatic rings. The minimum absolute atomic E-state index is 0.0177. The molecule has 1 N–H and O–H groups in total. The fraction of sp³-hybridized carbons (Fsp3) is 0.167. The predicted molar refractivity (Wildman–Crippen MR) is 91.6 cm³/mol. The molecule has 25 heavy (non-hydrogen) atoms. The molecule has 0 aromatic heterocycles. The standard InChI is InChI=1S/C18H14N2O5/c21-18(22)15-7-3-13(4-8-15)1-2-14-5-9-17(10-6-14)25-12-16(20-24)11-19-23/h3-10,16H,11-12H2,(H,21,22). The summed E-state index contributed by atoms with van der Waals surface area (Å²) in [5.74, 6) is 5.43. The van der Waals surface area contributed by atoms with Gasteiger partial charge in [-0.3, -0.25) is 0 Å². The van der Waals surface area contributed by atoms with Gasteiger partial charge in [0.2, 0.25) is 0 Å². The lowest BCUT2D eigenvalue weighted by molar-refractivity contribution is 0.0697. The predicted octanol–water partition coefficient (Wildman–Crippen LogP) is 3.06. The van der Waals surface area contributed by atoms with E-state index in [0.29, 0.717) is 11.3 Å². The van der Waals surface area contributed by atoms with Crippen molar-refractivity contribution in [2.45, 2.75) is 6.04 Å². The highest BCUT2D eigenvalue weighted by molar-refractivity contribution is 5.87. The Morgan fingerprint density at radius 1 is 1.00 bits per heavy atom. The van der Waals surface area contributed by atoms with Crippen LogP contribution >= 0.6 is 0 Å². The van der Waals surface area contributed by atoms with E-state index in [1.807, 2.05) is 0 Å². The van der Waals surface area contributed by atoms with Gasteiger partial charge < -0.3 is 9.84 Å². The Labute approximate surface area is 143 Å². The number of nitrogens with zero attached hydrogens (tertiary/aromatic N) is 2. The fourth-order valence-electron chi connectivity index (χ4n) is 1.87. The van der Waals surface area contributed by atoms with Crippen molar-refractivity contribution in [2.24, 2.45) is 10.4 Å². The van der Waals surface area contributed by atoms with E-state index in [9.17, 15) is 14.6 Å². The normalized spacial score (nSPS) is 10.9. The number of rotatable bonds is 7. The van der Waals surface area contributed by atoms with Crippen molar-refractivity contribution < 1.29 is 14.6 Å². The van der Waals surface area contributed by atoms with Crippen molar-refractivity contribution in [2.75, 3.05) is 13.2 Å². The summed E-state index contributed by atoms with van der Waals surface area (Å²) in [4.78, 5) is 31.4. The lowest BCUT2D eigenvalue weighted by atomic mass is 10.1. The number of benzene rings is 2. The number of hydrogen-bond donors (Lipinski definition) is 1. The maximum Gasteiger partial charge on any atom is 0.335 e. The quantitative estimate of drug-likeness (QED) is 0.617. The molecule has 0 amide bonds. The number of aromatic carboxylic acids is 1. The fourth-order valence-corrected chi connectivity index (χ4v) is 1.87. The molecule has 0 bridgehead atoms. The minimum Gasteiger partial charge on any atom is -0.491 e. The van der Waals surface area contributed by atoms with E-state index in [2.05, 4.69) is 22.2 Å². The molecule has 2 rings (SSSR count). The van der Waals surface area contributed by atoms with E-state index >= 15 is 0 Å². The van der Waals surface area contributed by atoms with Crippen molar-refractivity contribution in [3.8, 4) is 17.6 Å². The van der Waals surface area contributed by atoms with E-state index in [1.165, 1.54) is 12.1 Å². The molecule has 0 saturated heterocycles. The summed E-state index contributed by atoms with van der Waals surface area (Å²) >= 11 is 0. The van der Waals surface area contributed by atoms with Crippen molar-refractivity contribution in [1.29, 1.82) is 0 Å². The molecular formula is C18H14N2O5. The highest BCUT2D eigenvalue weighted by Gasteiger charge is 2.09. The van der Waals surface area contributed by atoms with E-state index in [0.717, 1.165) is 5.56 Å². The van der Waals surface area contributed by atoms with Crippen molar-refractivity contribution in [3.05, 3.63) is 75.0 Å². The van der Waals surface area contributed by atoms with Crippen LogP contribution in [0.5, 0.6) is 5.75 Å². The molecule has 1 unspecified atom stereocenters. The van der Waals surface area contributed by atoms with Gasteiger partial charge in [0.25, 0.3) is 0 Å². The van der Waals surface area contributed by atoms with Gasteiger partial charge in [-0.05, 0) is 48.5 Å². The molecule has 2 aromatic carbocycles. The maximum absolute atomic E-state index is 10.8. The molecule has 1 atom stereocenters. The summed E-state index contributed by atoms with van der Waals surface area (Å²) < 4.78 is 5.37. The number of carboxylic acids is 1. The summed E-state index contributed by atoms with van der Waals surface area (Å²) in [7, 11) is 0. The average Bonchev–Trinajstić information content (AvgIpc) is 2.64. The third-order valence-electron chi connectivity index (χ3n) is 3.21. The van der Waals surface area contributed by atoms with Gasteiger partial charge in [0.1, 0.15) is 24.9 Å². The lowest BCUT2D eigenvalue weighted by Crippen LogP contribution is -2.18. The molecule has 0 aliphatic heterocycles. The van der Waals surface area contributed by atoms with Crippen LogP contribution in [-0.2, 0) is 0 Å². The molecule has 0 aliphatic rings. The summed E-state index contributed by atoms with van der Waals surface area (Å²) in [6.07, 6.45) is 0. The van der Waals surface area contributed by atoms with Crippen LogP contribution in [0.1, 0.15) is 21.5 Å². The first kappa shape index (κ1) is 17.8. The number of carboxylic acid groups (broad SMARTS) is 1. The zero-order valence-corrected chi connectivity index (χ0v) is 13.1. The first-order valence-electron chi connectivity index (χ1n) is 7.32. The minimum atomic E-state index is -0.981. The molecule has 0 spiro atoms. The van der Waals surface area contributed by atoms with Crippen molar-refractivity contribution >= 4 is 5.97 Å². The largest absolute Gasteiger partial charge is 0.491 e. The van der Waals surface area contributed by atoms with Crippen LogP contribution < -0.4 is 4.74 Å². The molecule has 0 heterocycles. The number of hydrogen-bond acceptors (Lipinski definition) is 6. The third kappa shape index (κ3) is 5.55. The Kier molecular flexibility index (Phi) is 6.37. The number of nitroso groups, excluding NO2 is 2. The van der Waals surface area contributed by atoms with E-state index in [1.54, 1.807) is 36.4 Å². The zero-order chi connectivity index (χ0) is 18.1. The SMILES string of the molecule is O=NCC(COc1ccc(C#Cc2ccc(C(=O)O)cc2)cc1)N=O. The van der Waals surface area contributed by atoms with Crippen LogP contribution in [0.15, 0.2) is 58.9 Å². The van der Waals surface area contributed by atoms with Gasteiger partial charge in [0.05, 0.1) is 5.56 Å². The smallest absolute Gasteiger partial charge is 0.335 e. The van der Waals surface area contributed by atoms with Gasteiger partial charge in [-0.25, -0.2) is 4.79 Å². The number of ether oxygens (including phenoxy) is 1. The Morgan fingerprint density at radius 3 is 2.04 bits per heavy atom. The maximum atomic E-state index is 10.8. The van der Waals surface area contributed by atoms with Crippen LogP contribution in [0, 0.1) is 21.7 Å².